The fourth-order valence-electron chi connectivity index (χ4n) is 16.1. The van der Waals surface area contributed by atoms with Crippen molar-refractivity contribution in [3.63, 3.8) is 0 Å². The number of nitrogens with zero attached hydrogens (tertiary/aromatic N) is 8. The Hall–Kier alpha value is -15.6. The standard InChI is InChI=1S/C17H13NO2.C17H11NO2.C17H13NO2.C17H11NO2.2C10H11NO2.C6H7NO2.C5H5NO2.C2H6/c2*1-18-16(19)14-9-5-8-13(15(14)17(18)20)11-10-12-6-3-2-4-7-12;2*1-18-16(19)14-10-9-13(11-15(14)17(18)20)8-7-12-5-3-2-4-6-12;2*1-11-9(12)7-5-2-3-6(4-5)8(7)10(11)13;1-4-3-5(8)7(2)6(4)9;1-6-4(7)2-3-5(6)8;1-2/h2-11H,1H3;2-9H,1H3;2-11H,1H3;2-6,9-11H,1H3;2*2-3,5-8H,4H2,1H3;1,3H2,2H3;2-3H,1H3;1-2H3/b11-10+;;8-7-;;;;;;. The summed E-state index contributed by atoms with van der Waals surface area (Å²) < 4.78 is 0. The molecule has 5 fully saturated rings. The van der Waals surface area contributed by atoms with Crippen LogP contribution in [-0.2, 0) is 38.4 Å². The minimum Gasteiger partial charge on any atom is -0.285 e. The van der Waals surface area contributed by atoms with Crippen LogP contribution in [-0.4, -0.2) is 190 Å². The predicted octanol–water partition coefficient (Wildman–Crippen LogP) is 12.1. The molecule has 628 valence electrons. The number of allylic oxidation sites excluding steroid dienone is 4. The molecule has 0 radical (unpaired) electrons. The minimum absolute atomic E-state index is 0.0208. The fraction of sp³-hybridized carbons (Fsp3) is 0.208. The van der Waals surface area contributed by atoms with Gasteiger partial charge in [0, 0.05) is 96.4 Å². The first-order chi connectivity index (χ1) is 59.9. The zero-order valence-electron chi connectivity index (χ0n) is 70.3. The Kier molecular flexibility index (Phi) is 27.3. The lowest BCUT2D eigenvalue weighted by atomic mass is 9.85. The monoisotopic (exact) mass is 1670 g/mol. The van der Waals surface area contributed by atoms with Gasteiger partial charge in [0.05, 0.1) is 74.6 Å². The molecule has 12 aliphatic rings. The van der Waals surface area contributed by atoms with Gasteiger partial charge in [-0.1, -0.05) is 214 Å². The van der Waals surface area contributed by atoms with Gasteiger partial charge in [0.2, 0.25) is 29.5 Å². The fourth-order valence-corrected chi connectivity index (χ4v) is 16.1. The first kappa shape index (κ1) is 88.7. The Bertz CT molecular complexity index is 5960. The van der Waals surface area contributed by atoms with Crippen LogP contribution in [0.25, 0.3) is 24.3 Å². The summed E-state index contributed by atoms with van der Waals surface area (Å²) in [6.07, 6.45) is 20.9. The number of fused-ring (bicyclic) bond motifs is 14. The molecule has 8 heterocycles. The van der Waals surface area contributed by atoms with Gasteiger partial charge in [0.1, 0.15) is 0 Å². The van der Waals surface area contributed by atoms with Crippen molar-refractivity contribution in [3.8, 4) is 23.7 Å². The number of carbonyl (C=O) groups excluding carboxylic acids is 16. The van der Waals surface area contributed by atoms with Gasteiger partial charge in [0.15, 0.2) is 0 Å². The summed E-state index contributed by atoms with van der Waals surface area (Å²) in [6, 6.07) is 59.8. The number of benzene rings is 8. The van der Waals surface area contributed by atoms with Crippen LogP contribution < -0.4 is 0 Å². The van der Waals surface area contributed by atoms with Crippen LogP contribution in [0.15, 0.2) is 243 Å². The van der Waals surface area contributed by atoms with E-state index in [1.807, 2.05) is 172 Å². The van der Waals surface area contributed by atoms with Gasteiger partial charge in [-0.3, -0.25) is 116 Å². The molecule has 8 unspecified atom stereocenters. The molecule has 0 N–H and O–H groups in total. The lowest BCUT2D eigenvalue weighted by molar-refractivity contribution is -0.140. The molecule has 8 atom stereocenters. The topological polar surface area (TPSA) is 299 Å². The van der Waals surface area contributed by atoms with E-state index in [1.165, 1.54) is 64.2 Å². The maximum absolute atomic E-state index is 12.1. The summed E-state index contributed by atoms with van der Waals surface area (Å²) >= 11 is 0. The Labute approximate surface area is 723 Å². The van der Waals surface area contributed by atoms with Crippen LogP contribution in [0.1, 0.15) is 160 Å². The van der Waals surface area contributed by atoms with E-state index in [-0.39, 0.29) is 125 Å². The van der Waals surface area contributed by atoms with Crippen molar-refractivity contribution in [1.82, 2.24) is 39.2 Å². The molecule has 0 spiro atoms. The highest BCUT2D eigenvalue weighted by molar-refractivity contribution is 6.25. The molecule has 3 saturated heterocycles. The highest BCUT2D eigenvalue weighted by atomic mass is 16.2. The number of hydrogen-bond acceptors (Lipinski definition) is 16. The molecule has 24 heteroatoms. The Morgan fingerprint density at radius 1 is 0.296 bits per heavy atom. The minimum atomic E-state index is -0.289. The molecule has 2 saturated carbocycles. The van der Waals surface area contributed by atoms with Gasteiger partial charge in [-0.15, -0.1) is 0 Å². The van der Waals surface area contributed by atoms with Crippen LogP contribution in [0, 0.1) is 71.0 Å². The van der Waals surface area contributed by atoms with Gasteiger partial charge >= 0.3 is 0 Å². The van der Waals surface area contributed by atoms with E-state index in [9.17, 15) is 76.7 Å². The maximum atomic E-state index is 12.1. The van der Waals surface area contributed by atoms with E-state index in [1.54, 1.807) is 74.8 Å². The number of carbonyl (C=O) groups is 16. The van der Waals surface area contributed by atoms with Crippen molar-refractivity contribution in [3.05, 3.63) is 332 Å². The van der Waals surface area contributed by atoms with Gasteiger partial charge in [-0.25, -0.2) is 0 Å². The average molecular weight is 1670 g/mol. The third kappa shape index (κ3) is 18.5. The zero-order chi connectivity index (χ0) is 89.9. The van der Waals surface area contributed by atoms with E-state index in [0.29, 0.717) is 79.3 Å². The summed E-state index contributed by atoms with van der Waals surface area (Å²) in [7, 11) is 12.1. The van der Waals surface area contributed by atoms with Crippen LogP contribution >= 0.6 is 0 Å². The van der Waals surface area contributed by atoms with Gasteiger partial charge in [-0.2, -0.15) is 0 Å². The molecule has 8 aliphatic heterocycles. The van der Waals surface area contributed by atoms with Crippen molar-refractivity contribution < 1.29 is 76.7 Å². The third-order valence-electron chi connectivity index (χ3n) is 23.0. The van der Waals surface area contributed by atoms with E-state index in [2.05, 4.69) is 54.6 Å². The second kappa shape index (κ2) is 38.4. The van der Waals surface area contributed by atoms with Crippen molar-refractivity contribution in [2.45, 2.75) is 33.1 Å². The smallest absolute Gasteiger partial charge is 0.262 e. The van der Waals surface area contributed by atoms with E-state index in [0.717, 1.165) is 81.2 Å². The number of likely N-dealkylation sites (N-methyl/N-ethyl adjacent to an activating group) is 2. The Morgan fingerprint density at radius 3 is 1.07 bits per heavy atom. The van der Waals surface area contributed by atoms with Crippen molar-refractivity contribution in [2.75, 3.05) is 56.4 Å². The Morgan fingerprint density at radius 2 is 0.656 bits per heavy atom. The molecule has 4 aliphatic carbocycles. The lowest BCUT2D eigenvalue weighted by Gasteiger charge is -2.14. The summed E-state index contributed by atoms with van der Waals surface area (Å²) in [4.78, 5) is 193. The average Bonchev–Trinajstić information content (AvgIpc) is 1.58. The molecule has 8 aromatic carbocycles. The first-order valence-electron chi connectivity index (χ1n) is 40.4. The lowest BCUT2D eigenvalue weighted by Crippen LogP contribution is -2.28. The molecule has 4 bridgehead atoms. The molecule has 125 heavy (non-hydrogen) atoms. The molecular formula is C101H88N8O16. The molecule has 8 aromatic rings. The van der Waals surface area contributed by atoms with Crippen molar-refractivity contribution in [1.29, 1.82) is 0 Å². The predicted molar refractivity (Wildman–Crippen MR) is 468 cm³/mol. The molecule has 0 aromatic heterocycles. The van der Waals surface area contributed by atoms with Crippen LogP contribution in [0.2, 0.25) is 0 Å². The number of hydrogen-bond donors (Lipinski definition) is 0. The van der Waals surface area contributed by atoms with Gasteiger partial charge < -0.3 is 0 Å². The van der Waals surface area contributed by atoms with E-state index in [4.69, 9.17) is 0 Å². The van der Waals surface area contributed by atoms with Gasteiger partial charge in [0.25, 0.3) is 65.0 Å². The molecule has 20 rings (SSSR count). The second-order valence-corrected chi connectivity index (χ2v) is 30.5. The SMILES string of the molecule is C=C1CC(=O)N(C)C1=O.CC.CN1C(=O)C2C3C=CC(C3)C2C1=O.CN1C(=O)C2C3C=CC(C3)C2C1=O.CN1C(=O)C=CC1=O.CN1C(=O)c2ccc(/C=C\c3ccccc3)cc2C1=O.CN1C(=O)c2ccc(C#Cc3ccccc3)cc2C1=O.CN1C(=O)c2cccc(/C=C/c3ccccc3)c2C1=O.CN1C(=O)c2cccc(C#Cc3ccccc3)c2C1=O. The zero-order valence-corrected chi connectivity index (χ0v) is 70.3. The highest BCUT2D eigenvalue weighted by Gasteiger charge is 2.59. The van der Waals surface area contributed by atoms with E-state index >= 15 is 0 Å². The second-order valence-electron chi connectivity index (χ2n) is 30.5. The maximum Gasteiger partial charge on any atom is 0.262 e. The first-order valence-corrected chi connectivity index (χ1v) is 40.4. The normalized spacial score (nSPS) is 21.0. The van der Waals surface area contributed by atoms with Gasteiger partial charge in [-0.05, 0) is 132 Å². The molecular weight excluding hydrogens is 1580 g/mol. The largest absolute Gasteiger partial charge is 0.285 e. The number of rotatable bonds is 4. The number of likely N-dealkylation sites (tertiary alicyclic amines) is 3. The summed E-state index contributed by atoms with van der Waals surface area (Å²) in [6.45, 7) is 7.42. The number of imide groups is 8. The summed E-state index contributed by atoms with van der Waals surface area (Å²) in [5.74, 6) is 10.5. The third-order valence-corrected chi connectivity index (χ3v) is 23.0. The van der Waals surface area contributed by atoms with E-state index < -0.39 is 0 Å². The molecule has 24 nitrogen and oxygen atoms in total. The molecule has 16 amide bonds. The van der Waals surface area contributed by atoms with Crippen LogP contribution in [0.3, 0.4) is 0 Å². The highest BCUT2D eigenvalue weighted by Crippen LogP contribution is 2.53. The van der Waals surface area contributed by atoms with Crippen LogP contribution in [0.5, 0.6) is 0 Å². The number of amides is 16. The van der Waals surface area contributed by atoms with Crippen molar-refractivity contribution in [2.24, 2.45) is 47.3 Å². The summed E-state index contributed by atoms with van der Waals surface area (Å²) in [5, 5.41) is 0. The van der Waals surface area contributed by atoms with Crippen LogP contribution in [0.4, 0.5) is 0 Å². The Balaban J connectivity index is 0.000000132. The quantitative estimate of drug-likeness (QED) is 0.0520. The van der Waals surface area contributed by atoms with Crippen molar-refractivity contribution >= 4 is 119 Å². The summed E-state index contributed by atoms with van der Waals surface area (Å²) in [5.41, 5.74) is 11.0.